The van der Waals surface area contributed by atoms with Gasteiger partial charge in [0.15, 0.2) is 5.13 Å². The predicted molar refractivity (Wildman–Crippen MR) is 150 cm³/mol. The second-order valence-electron chi connectivity index (χ2n) is 10.4. The highest BCUT2D eigenvalue weighted by molar-refractivity contribution is 7.14. The van der Waals surface area contributed by atoms with Crippen LogP contribution in [0.2, 0.25) is 0 Å². The van der Waals surface area contributed by atoms with Crippen LogP contribution < -0.4 is 9.80 Å². The Labute approximate surface area is 226 Å². The molecule has 0 spiro atoms. The van der Waals surface area contributed by atoms with E-state index in [2.05, 4.69) is 33.4 Å². The molecule has 200 valence electrons. The number of hydrogen-bond acceptors (Lipinski definition) is 7. The Hall–Kier alpha value is -3.66. The van der Waals surface area contributed by atoms with Gasteiger partial charge in [0.05, 0.1) is 17.1 Å². The lowest BCUT2D eigenvalue weighted by Crippen LogP contribution is -2.50. The summed E-state index contributed by atoms with van der Waals surface area (Å²) >= 11 is 1.54. The van der Waals surface area contributed by atoms with Crippen molar-refractivity contribution in [3.63, 3.8) is 0 Å². The molecule has 0 radical (unpaired) electrons. The topological polar surface area (TPSA) is 66.2 Å². The lowest BCUT2D eigenvalue weighted by Gasteiger charge is -2.36. The zero-order chi connectivity index (χ0) is 27.0. The van der Waals surface area contributed by atoms with Crippen LogP contribution in [0.3, 0.4) is 0 Å². The van der Waals surface area contributed by atoms with Gasteiger partial charge in [0.2, 0.25) is 0 Å². The van der Waals surface area contributed by atoms with Crippen molar-refractivity contribution < 1.29 is 13.9 Å². The van der Waals surface area contributed by atoms with E-state index in [4.69, 9.17) is 14.7 Å². The van der Waals surface area contributed by atoms with Gasteiger partial charge in [0.25, 0.3) is 0 Å². The van der Waals surface area contributed by atoms with E-state index in [0.717, 1.165) is 58.7 Å². The number of nitrogens with zero attached hydrogens (tertiary/aromatic N) is 6. The maximum atomic E-state index is 13.4. The molecule has 0 saturated carbocycles. The highest BCUT2D eigenvalue weighted by Crippen LogP contribution is 2.34. The van der Waals surface area contributed by atoms with Gasteiger partial charge in [-0.3, -0.25) is 4.40 Å². The predicted octanol–water partition coefficient (Wildman–Crippen LogP) is 5.98. The van der Waals surface area contributed by atoms with Gasteiger partial charge in [0, 0.05) is 50.4 Å². The fourth-order valence-electron chi connectivity index (χ4n) is 4.59. The third kappa shape index (κ3) is 5.31. The number of rotatable bonds is 5. The number of anilines is 3. The van der Waals surface area contributed by atoms with Crippen LogP contribution in [0.5, 0.6) is 0 Å². The minimum atomic E-state index is -0.503. The highest BCUT2D eigenvalue weighted by atomic mass is 32.1. The van der Waals surface area contributed by atoms with Crippen LogP contribution >= 0.6 is 11.3 Å². The SMILES string of the molecule is CCc1nc2ccc(N3CCN(C(=O)OC(C)(C)C)CC3)cn2c1N(C)c1nc(-c2ccc(F)cc2)cs1. The van der Waals surface area contributed by atoms with E-state index >= 15 is 0 Å². The van der Waals surface area contributed by atoms with Crippen LogP contribution in [0.25, 0.3) is 16.9 Å². The molecule has 1 amide bonds. The third-order valence-electron chi connectivity index (χ3n) is 6.52. The van der Waals surface area contributed by atoms with Gasteiger partial charge in [0.1, 0.15) is 22.9 Å². The van der Waals surface area contributed by atoms with Crippen LogP contribution in [0.1, 0.15) is 33.4 Å². The molecule has 0 unspecified atom stereocenters. The van der Waals surface area contributed by atoms with Crippen LogP contribution in [0.15, 0.2) is 48.0 Å². The summed E-state index contributed by atoms with van der Waals surface area (Å²) in [6.07, 6.45) is 2.63. The average Bonchev–Trinajstić information content (AvgIpc) is 3.53. The van der Waals surface area contributed by atoms with E-state index < -0.39 is 5.60 Å². The summed E-state index contributed by atoms with van der Waals surface area (Å²) in [5.41, 5.74) is 4.11. The lowest BCUT2D eigenvalue weighted by atomic mass is 10.2. The maximum Gasteiger partial charge on any atom is 0.410 e. The number of carbonyl (C=O) groups is 1. The Morgan fingerprint density at radius 2 is 1.79 bits per heavy atom. The normalized spacial score (nSPS) is 14.3. The van der Waals surface area contributed by atoms with Crippen molar-refractivity contribution in [1.82, 2.24) is 19.3 Å². The van der Waals surface area contributed by atoms with Crippen LogP contribution in [-0.4, -0.2) is 64.2 Å². The van der Waals surface area contributed by atoms with Crippen LogP contribution in [-0.2, 0) is 11.2 Å². The Morgan fingerprint density at radius 1 is 1.08 bits per heavy atom. The first kappa shape index (κ1) is 26.0. The Balaban J connectivity index is 1.39. The number of aryl methyl sites for hydroxylation is 1. The van der Waals surface area contributed by atoms with Gasteiger partial charge < -0.3 is 19.4 Å². The van der Waals surface area contributed by atoms with Gasteiger partial charge in [-0.25, -0.2) is 19.2 Å². The molecule has 0 atom stereocenters. The smallest absolute Gasteiger partial charge is 0.410 e. The van der Waals surface area contributed by atoms with E-state index in [-0.39, 0.29) is 11.9 Å². The number of ether oxygens (including phenoxy) is 1. The first-order valence-corrected chi connectivity index (χ1v) is 13.7. The van der Waals surface area contributed by atoms with Crippen LogP contribution in [0.4, 0.5) is 25.8 Å². The van der Waals surface area contributed by atoms with E-state index in [1.54, 1.807) is 28.4 Å². The number of halogens is 1. The van der Waals surface area contributed by atoms with Gasteiger partial charge in [-0.1, -0.05) is 6.92 Å². The van der Waals surface area contributed by atoms with E-state index in [1.165, 1.54) is 12.1 Å². The summed E-state index contributed by atoms with van der Waals surface area (Å²) in [5, 5.41) is 2.82. The molecule has 1 aliphatic heterocycles. The maximum absolute atomic E-state index is 13.4. The second-order valence-corrected chi connectivity index (χ2v) is 11.2. The van der Waals surface area contributed by atoms with E-state index in [9.17, 15) is 9.18 Å². The van der Waals surface area contributed by atoms with Crippen molar-refractivity contribution in [2.24, 2.45) is 0 Å². The molecule has 1 fully saturated rings. The van der Waals surface area contributed by atoms with Gasteiger partial charge in [-0.05, 0) is 63.6 Å². The molecule has 5 rings (SSSR count). The molecule has 0 N–H and O–H groups in total. The standard InChI is InChI=1S/C28H33FN6O2S/c1-6-22-25(32(5)26-31-23(18-38-26)19-7-9-20(29)10-8-19)35-17-21(11-12-24(35)30-22)33-13-15-34(16-14-33)27(36)37-28(2,3)4/h7-12,17-18H,6,13-16H2,1-5H3. The third-order valence-corrected chi connectivity index (χ3v) is 7.43. The van der Waals surface area contributed by atoms with Crippen molar-refractivity contribution in [2.75, 3.05) is 43.0 Å². The lowest BCUT2D eigenvalue weighted by molar-refractivity contribution is 0.0240. The molecular formula is C28H33FN6O2S. The van der Waals surface area contributed by atoms with Crippen molar-refractivity contribution in [3.8, 4) is 11.3 Å². The molecular weight excluding hydrogens is 503 g/mol. The molecule has 4 aromatic rings. The summed E-state index contributed by atoms with van der Waals surface area (Å²) in [7, 11) is 2.00. The monoisotopic (exact) mass is 536 g/mol. The highest BCUT2D eigenvalue weighted by Gasteiger charge is 2.27. The van der Waals surface area contributed by atoms with Gasteiger partial charge in [-0.2, -0.15) is 0 Å². The summed E-state index contributed by atoms with van der Waals surface area (Å²) < 4.78 is 21.0. The fourth-order valence-corrected chi connectivity index (χ4v) is 5.39. The zero-order valence-electron chi connectivity index (χ0n) is 22.4. The van der Waals surface area contributed by atoms with E-state index in [1.807, 2.05) is 39.3 Å². The number of benzene rings is 1. The molecule has 1 aromatic carbocycles. The van der Waals surface area contributed by atoms with Crippen molar-refractivity contribution in [3.05, 3.63) is 59.5 Å². The molecule has 3 aromatic heterocycles. The summed E-state index contributed by atoms with van der Waals surface area (Å²) in [6, 6.07) is 10.5. The quantitative estimate of drug-likeness (QED) is 0.312. The number of amides is 1. The largest absolute Gasteiger partial charge is 0.444 e. The number of carbonyl (C=O) groups excluding carboxylic acids is 1. The van der Waals surface area contributed by atoms with Gasteiger partial charge in [-0.15, -0.1) is 11.3 Å². The second kappa shape index (κ2) is 10.2. The number of pyridine rings is 1. The minimum Gasteiger partial charge on any atom is -0.444 e. The van der Waals surface area contributed by atoms with Crippen LogP contribution in [0, 0.1) is 5.82 Å². The van der Waals surface area contributed by atoms with Crippen molar-refractivity contribution in [1.29, 1.82) is 0 Å². The molecule has 10 heteroatoms. The molecule has 38 heavy (non-hydrogen) atoms. The van der Waals surface area contributed by atoms with Gasteiger partial charge >= 0.3 is 6.09 Å². The summed E-state index contributed by atoms with van der Waals surface area (Å²) in [5.74, 6) is 0.707. The number of hydrogen-bond donors (Lipinski definition) is 0. The number of fused-ring (bicyclic) bond motifs is 1. The number of aromatic nitrogens is 3. The zero-order valence-corrected chi connectivity index (χ0v) is 23.3. The molecule has 1 saturated heterocycles. The molecule has 0 aliphatic carbocycles. The Morgan fingerprint density at radius 3 is 2.45 bits per heavy atom. The Bertz CT molecular complexity index is 1430. The summed E-state index contributed by atoms with van der Waals surface area (Å²) in [4.78, 5) is 28.3. The number of thiazole rings is 1. The number of piperazine rings is 1. The number of imidazole rings is 1. The van der Waals surface area contributed by atoms with Crippen molar-refractivity contribution in [2.45, 2.75) is 39.7 Å². The Kier molecular flexibility index (Phi) is 7.00. The fraction of sp³-hybridized carbons (Fsp3) is 0.393. The summed E-state index contributed by atoms with van der Waals surface area (Å²) in [6.45, 7) is 10.4. The molecule has 1 aliphatic rings. The van der Waals surface area contributed by atoms with E-state index in [0.29, 0.717) is 13.1 Å². The minimum absolute atomic E-state index is 0.262. The molecule has 0 bridgehead atoms. The van der Waals surface area contributed by atoms with Crippen molar-refractivity contribution >= 4 is 39.7 Å². The molecule has 8 nitrogen and oxygen atoms in total. The first-order chi connectivity index (χ1) is 18.1. The molecule has 4 heterocycles. The first-order valence-electron chi connectivity index (χ1n) is 12.8. The average molecular weight is 537 g/mol.